The Morgan fingerprint density at radius 3 is 2.85 bits per heavy atom. The molecule has 2 unspecified atom stereocenters. The second-order valence-electron chi connectivity index (χ2n) is 5.91. The highest BCUT2D eigenvalue weighted by atomic mass is 16.5. The zero-order valence-electron chi connectivity index (χ0n) is 11.9. The van der Waals surface area contributed by atoms with E-state index in [1.54, 1.807) is 17.2 Å². The summed E-state index contributed by atoms with van der Waals surface area (Å²) in [5.74, 6) is 0.341. The fraction of sp³-hybridized carbons (Fsp3) is 0.600. The third-order valence-corrected chi connectivity index (χ3v) is 3.93. The zero-order valence-corrected chi connectivity index (χ0v) is 11.9. The van der Waals surface area contributed by atoms with Crippen LogP contribution < -0.4 is 0 Å². The van der Waals surface area contributed by atoms with Crippen LogP contribution in [-0.4, -0.2) is 46.2 Å². The molecule has 2 atom stereocenters. The number of aromatic nitrogens is 1. The summed E-state index contributed by atoms with van der Waals surface area (Å²) >= 11 is 0. The minimum Gasteiger partial charge on any atom is -0.505 e. The Kier molecular flexibility index (Phi) is 3.38. The Balaban J connectivity index is 1.78. The van der Waals surface area contributed by atoms with Gasteiger partial charge in [0.2, 0.25) is 0 Å². The molecule has 2 fully saturated rings. The molecule has 2 heterocycles. The van der Waals surface area contributed by atoms with E-state index in [1.165, 1.54) is 12.8 Å². The topological polar surface area (TPSA) is 62.7 Å². The van der Waals surface area contributed by atoms with E-state index in [4.69, 9.17) is 4.74 Å². The minimum absolute atomic E-state index is 0.0332. The first kappa shape index (κ1) is 13.4. The highest BCUT2D eigenvalue weighted by Crippen LogP contribution is 2.37. The number of amides is 1. The lowest BCUT2D eigenvalue weighted by atomic mass is 10.1. The van der Waals surface area contributed by atoms with Gasteiger partial charge in [-0.3, -0.25) is 4.79 Å². The van der Waals surface area contributed by atoms with Crippen molar-refractivity contribution in [2.24, 2.45) is 5.92 Å². The number of rotatable bonds is 2. The van der Waals surface area contributed by atoms with Gasteiger partial charge in [-0.05, 0) is 44.2 Å². The Morgan fingerprint density at radius 2 is 2.20 bits per heavy atom. The molecule has 1 saturated heterocycles. The van der Waals surface area contributed by atoms with Gasteiger partial charge in [0.1, 0.15) is 5.75 Å². The molecular formula is C15H20N2O3. The molecule has 20 heavy (non-hydrogen) atoms. The lowest BCUT2D eigenvalue weighted by Crippen LogP contribution is -2.50. The van der Waals surface area contributed by atoms with Crippen molar-refractivity contribution in [1.82, 2.24) is 9.88 Å². The number of hydrogen-bond acceptors (Lipinski definition) is 4. The number of nitrogens with zero attached hydrogens (tertiary/aromatic N) is 2. The smallest absolute Gasteiger partial charge is 0.276 e. The largest absolute Gasteiger partial charge is 0.505 e. The number of aryl methyl sites for hydroxylation is 1. The summed E-state index contributed by atoms with van der Waals surface area (Å²) in [6.45, 7) is 4.97. The predicted octanol–water partition coefficient (Wildman–Crippen LogP) is 1.74. The van der Waals surface area contributed by atoms with Crippen LogP contribution in [0.25, 0.3) is 0 Å². The van der Waals surface area contributed by atoms with Crippen molar-refractivity contribution in [2.45, 2.75) is 38.9 Å². The summed E-state index contributed by atoms with van der Waals surface area (Å²) in [6.07, 6.45) is 4.15. The van der Waals surface area contributed by atoms with Crippen LogP contribution in [-0.2, 0) is 4.74 Å². The van der Waals surface area contributed by atoms with Gasteiger partial charge in [-0.15, -0.1) is 0 Å². The number of morpholine rings is 1. The molecule has 1 saturated carbocycles. The molecule has 1 amide bonds. The molecule has 1 aliphatic heterocycles. The van der Waals surface area contributed by atoms with Crippen LogP contribution in [0, 0.1) is 12.8 Å². The molecule has 0 radical (unpaired) electrons. The average molecular weight is 276 g/mol. The summed E-state index contributed by atoms with van der Waals surface area (Å²) in [6, 6.07) is 1.57. The van der Waals surface area contributed by atoms with E-state index < -0.39 is 0 Å². The summed E-state index contributed by atoms with van der Waals surface area (Å²) < 4.78 is 5.90. The molecule has 0 spiro atoms. The van der Waals surface area contributed by atoms with Crippen molar-refractivity contribution < 1.29 is 14.6 Å². The van der Waals surface area contributed by atoms with Crippen molar-refractivity contribution in [1.29, 1.82) is 0 Å². The Hall–Kier alpha value is -1.62. The first-order chi connectivity index (χ1) is 9.54. The lowest BCUT2D eigenvalue weighted by Gasteiger charge is -2.37. The van der Waals surface area contributed by atoms with E-state index in [0.717, 1.165) is 5.56 Å². The normalized spacial score (nSPS) is 26.6. The van der Waals surface area contributed by atoms with Crippen LogP contribution in [0.2, 0.25) is 0 Å². The minimum atomic E-state index is -0.205. The van der Waals surface area contributed by atoms with Crippen LogP contribution in [0.15, 0.2) is 12.3 Å². The maximum atomic E-state index is 12.5. The maximum Gasteiger partial charge on any atom is 0.276 e. The molecular weight excluding hydrogens is 256 g/mol. The predicted molar refractivity (Wildman–Crippen MR) is 73.6 cm³/mol. The molecule has 5 nitrogen and oxygen atoms in total. The number of hydrogen-bond donors (Lipinski definition) is 1. The van der Waals surface area contributed by atoms with Gasteiger partial charge >= 0.3 is 0 Å². The highest BCUT2D eigenvalue weighted by molar-refractivity contribution is 5.95. The first-order valence-corrected chi connectivity index (χ1v) is 7.15. The Morgan fingerprint density at radius 1 is 1.45 bits per heavy atom. The van der Waals surface area contributed by atoms with Crippen molar-refractivity contribution in [3.63, 3.8) is 0 Å². The molecule has 2 aliphatic rings. The second kappa shape index (κ2) is 5.05. The van der Waals surface area contributed by atoms with Gasteiger partial charge in [-0.25, -0.2) is 4.98 Å². The van der Waals surface area contributed by atoms with Gasteiger partial charge in [0.15, 0.2) is 5.69 Å². The van der Waals surface area contributed by atoms with E-state index in [2.05, 4.69) is 4.98 Å². The summed E-state index contributed by atoms with van der Waals surface area (Å²) in [5, 5.41) is 9.90. The van der Waals surface area contributed by atoms with E-state index in [9.17, 15) is 9.90 Å². The maximum absolute atomic E-state index is 12.5. The van der Waals surface area contributed by atoms with Gasteiger partial charge in [-0.1, -0.05) is 0 Å². The zero-order chi connectivity index (χ0) is 14.3. The Labute approximate surface area is 118 Å². The van der Waals surface area contributed by atoms with Crippen molar-refractivity contribution in [3.8, 4) is 5.75 Å². The number of carbonyl (C=O) groups excluding carboxylic acids is 1. The average Bonchev–Trinajstić information content (AvgIpc) is 3.21. The van der Waals surface area contributed by atoms with Gasteiger partial charge in [-0.2, -0.15) is 0 Å². The van der Waals surface area contributed by atoms with E-state index in [1.807, 2.05) is 13.8 Å². The van der Waals surface area contributed by atoms with Crippen LogP contribution in [0.1, 0.15) is 35.8 Å². The highest BCUT2D eigenvalue weighted by Gasteiger charge is 2.39. The van der Waals surface area contributed by atoms with Gasteiger partial charge in [0.25, 0.3) is 5.91 Å². The van der Waals surface area contributed by atoms with Crippen LogP contribution in [0.5, 0.6) is 5.75 Å². The summed E-state index contributed by atoms with van der Waals surface area (Å²) in [5.41, 5.74) is 0.976. The monoisotopic (exact) mass is 276 g/mol. The van der Waals surface area contributed by atoms with Crippen molar-refractivity contribution in [3.05, 3.63) is 23.5 Å². The Bertz CT molecular complexity index is 528. The quantitative estimate of drug-likeness (QED) is 0.893. The number of pyridine rings is 1. The van der Waals surface area contributed by atoms with Crippen molar-refractivity contribution >= 4 is 5.91 Å². The van der Waals surface area contributed by atoms with Gasteiger partial charge < -0.3 is 14.7 Å². The van der Waals surface area contributed by atoms with E-state index in [-0.39, 0.29) is 29.6 Å². The third kappa shape index (κ3) is 2.63. The van der Waals surface area contributed by atoms with Crippen LogP contribution in [0.4, 0.5) is 0 Å². The third-order valence-electron chi connectivity index (χ3n) is 3.93. The van der Waals surface area contributed by atoms with Crippen LogP contribution in [0.3, 0.4) is 0 Å². The number of carbonyl (C=O) groups is 1. The molecule has 1 N–H and O–H groups in total. The van der Waals surface area contributed by atoms with Crippen molar-refractivity contribution in [2.75, 3.05) is 13.1 Å². The molecule has 1 aromatic rings. The first-order valence-electron chi connectivity index (χ1n) is 7.15. The molecule has 1 aliphatic carbocycles. The fourth-order valence-corrected chi connectivity index (χ4v) is 2.75. The molecule has 108 valence electrons. The lowest BCUT2D eigenvalue weighted by molar-refractivity contribution is -0.0763. The SMILES string of the molecule is Cc1cnc(C(=O)N2CC(C)OC(C3CC3)C2)c(O)c1. The fourth-order valence-electron chi connectivity index (χ4n) is 2.75. The summed E-state index contributed by atoms with van der Waals surface area (Å²) in [7, 11) is 0. The molecule has 5 heteroatoms. The summed E-state index contributed by atoms with van der Waals surface area (Å²) in [4.78, 5) is 18.4. The van der Waals surface area contributed by atoms with Gasteiger partial charge in [0.05, 0.1) is 12.2 Å². The number of aromatic hydroxyl groups is 1. The molecule has 0 aromatic carbocycles. The second-order valence-corrected chi connectivity index (χ2v) is 5.91. The van der Waals surface area contributed by atoms with E-state index >= 15 is 0 Å². The van der Waals surface area contributed by atoms with E-state index in [0.29, 0.717) is 19.0 Å². The number of ether oxygens (including phenoxy) is 1. The van der Waals surface area contributed by atoms with Crippen LogP contribution >= 0.6 is 0 Å². The van der Waals surface area contributed by atoms with Gasteiger partial charge in [0, 0.05) is 19.3 Å². The molecule has 3 rings (SSSR count). The standard InChI is InChI=1S/C15H20N2O3/c1-9-5-12(18)14(16-6-9)15(19)17-7-10(2)20-13(8-17)11-3-4-11/h5-6,10-11,13,18H,3-4,7-8H2,1-2H3. The molecule has 1 aromatic heterocycles. The molecule has 0 bridgehead atoms.